The van der Waals surface area contributed by atoms with Gasteiger partial charge in [0, 0.05) is 49.2 Å². The lowest BCUT2D eigenvalue weighted by atomic mass is 10.1. The molecule has 0 bridgehead atoms. The van der Waals surface area contributed by atoms with Gasteiger partial charge >= 0.3 is 0 Å². The monoisotopic (exact) mass is 762 g/mol. The van der Waals surface area contributed by atoms with Gasteiger partial charge in [0.25, 0.3) is 0 Å². The fourth-order valence-corrected chi connectivity index (χ4v) is 4.20. The topological polar surface area (TPSA) is 85.0 Å². The minimum absolute atomic E-state index is 0. The van der Waals surface area contributed by atoms with E-state index in [-0.39, 0.29) is 36.0 Å². The van der Waals surface area contributed by atoms with Crippen molar-refractivity contribution in [1.82, 2.24) is 4.98 Å². The van der Waals surface area contributed by atoms with Crippen LogP contribution in [0.2, 0.25) is 0 Å². The first-order valence-corrected chi connectivity index (χ1v) is 18.7. The Kier molecular flexibility index (Phi) is 50.0. The number of hydrogen-bond donors (Lipinski definition) is 0. The Hall–Kier alpha value is -2.80. The van der Waals surface area contributed by atoms with Gasteiger partial charge in [0.2, 0.25) is 6.54 Å². The second kappa shape index (κ2) is 44.2. The molecule has 0 saturated heterocycles. The number of rotatable bonds is 19. The van der Waals surface area contributed by atoms with E-state index in [2.05, 4.69) is 39.8 Å². The Bertz CT molecular complexity index is 1030. The normalized spacial score (nSPS) is 9.38. The molecule has 0 amide bonds. The predicted molar refractivity (Wildman–Crippen MR) is 210 cm³/mol. The number of pyridine rings is 2. The van der Waals surface area contributed by atoms with E-state index >= 15 is 0 Å². The molecule has 0 saturated carbocycles. The summed E-state index contributed by atoms with van der Waals surface area (Å²) in [7, 11) is 0. The van der Waals surface area contributed by atoms with Crippen LogP contribution in [-0.4, -0.2) is 28.6 Å². The summed E-state index contributed by atoms with van der Waals surface area (Å²) in [6.07, 6.45) is 24.3. The molecule has 2 heterocycles. The average Bonchev–Trinajstić information content (AvgIpc) is 3.04. The number of aromatic nitrogens is 2. The maximum atomic E-state index is 11.2. The molecule has 0 spiro atoms. The number of ketones is 3. The molecule has 0 fully saturated rings. The van der Waals surface area contributed by atoms with Crippen LogP contribution < -0.4 is 21.5 Å². The van der Waals surface area contributed by atoms with E-state index in [0.717, 1.165) is 64.1 Å². The standard InChI is InChI=1S/C14H23N.C10H14NO.C9H16O.C5H10O.C4H8O.CH4.BrH/c1-4-7-12-10-13(8-5-2)15-14(11-12)9-6-3;1-2-6-10(12)9-11-7-4-3-5-8-11;1-3-5-6-8-9(10)7-4-2;1-3-4-5(2)6;1-2-3-4-5;;/h10-11H,4-9H2,1-3H3;3-5,7-8H,2,6,9H2,1H3;6,8H,3-5,7H2,1-2H3;3-4H2,1-2H3;4H,2-3H2,1H3;1H4;1H/q;+1;;;;;/p-1/b;;8-6+;;;;. The Labute approximate surface area is 319 Å². The van der Waals surface area contributed by atoms with E-state index in [9.17, 15) is 19.2 Å². The summed E-state index contributed by atoms with van der Waals surface area (Å²) < 4.78 is 1.90. The van der Waals surface area contributed by atoms with Crippen molar-refractivity contribution < 1.29 is 40.7 Å². The van der Waals surface area contributed by atoms with Gasteiger partial charge < -0.3 is 26.6 Å². The van der Waals surface area contributed by atoms with Crippen LogP contribution in [0.4, 0.5) is 0 Å². The second-order valence-corrected chi connectivity index (χ2v) is 11.9. The largest absolute Gasteiger partial charge is 1.00 e. The maximum Gasteiger partial charge on any atom is 0.206 e. The number of aldehydes is 1. The number of allylic oxidation sites excluding steroid dienone is 2. The minimum Gasteiger partial charge on any atom is -1.00 e. The molecule has 0 unspecified atom stereocenters. The number of nitrogens with zero attached hydrogens (tertiary/aromatic N) is 2. The van der Waals surface area contributed by atoms with Crippen LogP contribution >= 0.6 is 0 Å². The van der Waals surface area contributed by atoms with Gasteiger partial charge in [-0.15, -0.1) is 0 Å². The molecule has 6 nitrogen and oxygen atoms in total. The number of aryl methyl sites for hydroxylation is 3. The number of Topliss-reactive ketones (excluding diaryl/α,β-unsaturated/α-hetero) is 2. The van der Waals surface area contributed by atoms with Crippen molar-refractivity contribution in [2.45, 2.75) is 179 Å². The van der Waals surface area contributed by atoms with Crippen molar-refractivity contribution in [2.75, 3.05) is 0 Å². The van der Waals surface area contributed by atoms with Crippen molar-refractivity contribution in [1.29, 1.82) is 0 Å². The van der Waals surface area contributed by atoms with E-state index < -0.39 is 0 Å². The van der Waals surface area contributed by atoms with Crippen molar-refractivity contribution in [3.05, 3.63) is 71.8 Å². The van der Waals surface area contributed by atoms with Gasteiger partial charge in [-0.2, -0.15) is 4.57 Å². The molecule has 0 aromatic carbocycles. The molecule has 0 N–H and O–H groups in total. The highest BCUT2D eigenvalue weighted by Crippen LogP contribution is 2.11. The zero-order chi connectivity index (χ0) is 36.8. The third-order valence-corrected chi connectivity index (χ3v) is 6.47. The zero-order valence-corrected chi connectivity index (χ0v) is 34.3. The van der Waals surface area contributed by atoms with Crippen LogP contribution in [0, 0.1) is 0 Å². The Balaban J connectivity index is -0.000000176. The first-order chi connectivity index (χ1) is 23.1. The van der Waals surface area contributed by atoms with Crippen LogP contribution in [0.15, 0.2) is 54.9 Å². The molecule has 0 atom stereocenters. The summed E-state index contributed by atoms with van der Waals surface area (Å²) in [5, 5.41) is 0. The minimum atomic E-state index is 0. The summed E-state index contributed by atoms with van der Waals surface area (Å²) >= 11 is 0. The lowest BCUT2D eigenvalue weighted by molar-refractivity contribution is -0.684. The van der Waals surface area contributed by atoms with E-state index in [4.69, 9.17) is 4.98 Å². The van der Waals surface area contributed by atoms with Crippen LogP contribution in [0.1, 0.15) is 170 Å². The SMILES string of the molecule is C.CCC/C=C/C(=O)CCC.CCCC(=O)C[n+]1ccccc1.CCCC(C)=O.CCCC=O.CCCc1cc(CCC)nc(CCC)c1.[Br-]. The van der Waals surface area contributed by atoms with E-state index in [1.54, 1.807) is 13.0 Å². The van der Waals surface area contributed by atoms with Crippen molar-refractivity contribution in [2.24, 2.45) is 0 Å². The molecule has 50 heavy (non-hydrogen) atoms. The molecule has 288 valence electrons. The van der Waals surface area contributed by atoms with E-state index in [0.29, 0.717) is 31.6 Å². The number of halogens is 1. The molecule has 0 aliphatic carbocycles. The van der Waals surface area contributed by atoms with Gasteiger partial charge in [-0.25, -0.2) is 0 Å². The van der Waals surface area contributed by atoms with Crippen molar-refractivity contribution in [3.63, 3.8) is 0 Å². The Morgan fingerprint density at radius 2 is 1.16 bits per heavy atom. The predicted octanol–water partition coefficient (Wildman–Crippen LogP) is 8.00. The molecular formula is C43H75BrN2O4. The molecule has 2 aromatic rings. The maximum absolute atomic E-state index is 11.2. The quantitative estimate of drug-likeness (QED) is 0.0823. The van der Waals surface area contributed by atoms with Crippen LogP contribution in [0.3, 0.4) is 0 Å². The third-order valence-electron chi connectivity index (χ3n) is 6.47. The highest BCUT2D eigenvalue weighted by Gasteiger charge is 2.06. The van der Waals surface area contributed by atoms with Crippen molar-refractivity contribution >= 4 is 23.6 Å². The smallest absolute Gasteiger partial charge is 0.206 e. The highest BCUT2D eigenvalue weighted by atomic mass is 79.9. The van der Waals surface area contributed by atoms with Gasteiger partial charge in [-0.1, -0.05) is 101 Å². The molecule has 2 aromatic heterocycles. The number of carbonyl (C=O) groups excluding carboxylic acids is 4. The highest BCUT2D eigenvalue weighted by molar-refractivity contribution is 5.89. The molecule has 0 aliphatic rings. The Morgan fingerprint density at radius 1 is 0.660 bits per heavy atom. The molecule has 0 radical (unpaired) electrons. The lowest BCUT2D eigenvalue weighted by Crippen LogP contribution is -3.00. The fraction of sp³-hybridized carbons (Fsp3) is 0.628. The zero-order valence-electron chi connectivity index (χ0n) is 32.7. The first-order valence-electron chi connectivity index (χ1n) is 18.7. The van der Waals surface area contributed by atoms with Gasteiger partial charge in [0.15, 0.2) is 24.0 Å². The van der Waals surface area contributed by atoms with Crippen LogP contribution in [0.5, 0.6) is 0 Å². The molecular weight excluding hydrogens is 688 g/mol. The van der Waals surface area contributed by atoms with Gasteiger partial charge in [-0.05, 0) is 82.1 Å². The van der Waals surface area contributed by atoms with Gasteiger partial charge in [0.1, 0.15) is 12.1 Å². The number of unbranched alkanes of at least 4 members (excludes halogenated alkanes) is 2. The van der Waals surface area contributed by atoms with Crippen LogP contribution in [0.25, 0.3) is 0 Å². The van der Waals surface area contributed by atoms with Crippen LogP contribution in [-0.2, 0) is 45.0 Å². The van der Waals surface area contributed by atoms with Gasteiger partial charge in [-0.3, -0.25) is 14.6 Å². The average molecular weight is 764 g/mol. The molecule has 2 rings (SSSR count). The fourth-order valence-electron chi connectivity index (χ4n) is 4.20. The molecule has 0 aliphatic heterocycles. The summed E-state index contributed by atoms with van der Waals surface area (Å²) in [4.78, 5) is 46.2. The first kappa shape index (κ1) is 56.6. The molecule has 7 heteroatoms. The van der Waals surface area contributed by atoms with E-state index in [1.807, 2.05) is 68.9 Å². The second-order valence-electron chi connectivity index (χ2n) is 11.9. The lowest BCUT2D eigenvalue weighted by Gasteiger charge is -2.07. The summed E-state index contributed by atoms with van der Waals surface area (Å²) in [5.74, 6) is 0.849. The Morgan fingerprint density at radius 3 is 1.52 bits per heavy atom. The van der Waals surface area contributed by atoms with E-state index in [1.165, 1.54) is 42.6 Å². The third kappa shape index (κ3) is 41.4. The summed E-state index contributed by atoms with van der Waals surface area (Å²) in [5.41, 5.74) is 4.04. The van der Waals surface area contributed by atoms with Crippen molar-refractivity contribution in [3.8, 4) is 0 Å². The summed E-state index contributed by atoms with van der Waals surface area (Å²) in [6, 6.07) is 10.4. The summed E-state index contributed by atoms with van der Waals surface area (Å²) in [6.45, 7) is 18.9. The number of hydrogen-bond acceptors (Lipinski definition) is 5. The van der Waals surface area contributed by atoms with Gasteiger partial charge in [0.05, 0.1) is 0 Å². The number of carbonyl (C=O) groups is 4.